The molecule has 1 rings (SSSR count). The maximum absolute atomic E-state index is 5.41. The summed E-state index contributed by atoms with van der Waals surface area (Å²) in [4.78, 5) is 0. The molecule has 0 spiro atoms. The molecule has 0 amide bonds. The van der Waals surface area contributed by atoms with Crippen molar-refractivity contribution in [3.63, 3.8) is 0 Å². The van der Waals surface area contributed by atoms with E-state index in [4.69, 9.17) is 4.74 Å². The first-order valence-corrected chi connectivity index (χ1v) is 6.36. The lowest BCUT2D eigenvalue weighted by molar-refractivity contribution is 0.0195. The largest absolute Gasteiger partial charge is 0.377 e. The summed E-state index contributed by atoms with van der Waals surface area (Å²) in [5.74, 6) is 0.985. The van der Waals surface area contributed by atoms with Gasteiger partial charge in [-0.05, 0) is 45.4 Å². The van der Waals surface area contributed by atoms with Gasteiger partial charge in [0.25, 0.3) is 0 Å². The molecule has 1 saturated carbocycles. The second-order valence-electron chi connectivity index (χ2n) is 5.47. The first-order valence-electron chi connectivity index (χ1n) is 6.36. The first kappa shape index (κ1) is 13.0. The van der Waals surface area contributed by atoms with Crippen LogP contribution in [0.25, 0.3) is 0 Å². The molecule has 15 heavy (non-hydrogen) atoms. The van der Waals surface area contributed by atoms with Gasteiger partial charge in [-0.1, -0.05) is 13.3 Å². The standard InChI is InChI=1S/C13H27NO/c1-5-11-6-8-12(9-7-11)14-10-13(2,3)15-4/h11-12,14H,5-10H2,1-4H3. The maximum atomic E-state index is 5.41. The third kappa shape index (κ3) is 4.52. The molecule has 2 nitrogen and oxygen atoms in total. The third-order valence-corrected chi connectivity index (χ3v) is 3.79. The molecule has 0 aliphatic heterocycles. The normalized spacial score (nSPS) is 28.0. The Bertz CT molecular complexity index is 171. The van der Waals surface area contributed by atoms with Crippen LogP contribution in [0, 0.1) is 5.92 Å². The van der Waals surface area contributed by atoms with E-state index >= 15 is 0 Å². The minimum absolute atomic E-state index is 0.0262. The SMILES string of the molecule is CCC1CCC(NCC(C)(C)OC)CC1. The van der Waals surface area contributed by atoms with Gasteiger partial charge in [0.05, 0.1) is 5.60 Å². The van der Waals surface area contributed by atoms with Gasteiger partial charge in [0, 0.05) is 19.7 Å². The lowest BCUT2D eigenvalue weighted by Gasteiger charge is -2.32. The smallest absolute Gasteiger partial charge is 0.0746 e. The van der Waals surface area contributed by atoms with Crippen molar-refractivity contribution in [1.82, 2.24) is 5.32 Å². The predicted octanol–water partition coefficient (Wildman–Crippen LogP) is 2.97. The first-order chi connectivity index (χ1) is 7.07. The monoisotopic (exact) mass is 213 g/mol. The molecule has 1 N–H and O–H groups in total. The van der Waals surface area contributed by atoms with Crippen LogP contribution >= 0.6 is 0 Å². The van der Waals surface area contributed by atoms with Gasteiger partial charge in [0.2, 0.25) is 0 Å². The van der Waals surface area contributed by atoms with Crippen LogP contribution in [0.4, 0.5) is 0 Å². The summed E-state index contributed by atoms with van der Waals surface area (Å²) in [6.07, 6.45) is 6.86. The average Bonchev–Trinajstić information content (AvgIpc) is 2.27. The van der Waals surface area contributed by atoms with Crippen LogP contribution in [-0.4, -0.2) is 25.3 Å². The van der Waals surface area contributed by atoms with Crippen LogP contribution in [0.1, 0.15) is 52.9 Å². The van der Waals surface area contributed by atoms with Crippen molar-refractivity contribution in [3.05, 3.63) is 0 Å². The third-order valence-electron chi connectivity index (χ3n) is 3.79. The van der Waals surface area contributed by atoms with Crippen molar-refractivity contribution in [3.8, 4) is 0 Å². The molecule has 1 fully saturated rings. The van der Waals surface area contributed by atoms with Crippen LogP contribution in [0.3, 0.4) is 0 Å². The molecule has 0 heterocycles. The Labute approximate surface area is 94.8 Å². The van der Waals surface area contributed by atoms with Gasteiger partial charge in [-0.15, -0.1) is 0 Å². The minimum atomic E-state index is -0.0262. The van der Waals surface area contributed by atoms with Crippen molar-refractivity contribution in [1.29, 1.82) is 0 Å². The van der Waals surface area contributed by atoms with Crippen LogP contribution in [-0.2, 0) is 4.74 Å². The molecule has 1 aliphatic carbocycles. The van der Waals surface area contributed by atoms with Gasteiger partial charge in [-0.2, -0.15) is 0 Å². The number of hydrogen-bond acceptors (Lipinski definition) is 2. The molecule has 2 heteroatoms. The highest BCUT2D eigenvalue weighted by atomic mass is 16.5. The highest BCUT2D eigenvalue weighted by molar-refractivity contribution is 4.80. The number of ether oxygens (including phenoxy) is 1. The Morgan fingerprint density at radius 3 is 2.27 bits per heavy atom. The molecule has 0 unspecified atom stereocenters. The summed E-state index contributed by atoms with van der Waals surface area (Å²) < 4.78 is 5.41. The zero-order valence-corrected chi connectivity index (χ0v) is 10.8. The fourth-order valence-electron chi connectivity index (χ4n) is 2.24. The van der Waals surface area contributed by atoms with E-state index < -0.39 is 0 Å². The van der Waals surface area contributed by atoms with Gasteiger partial charge in [-0.3, -0.25) is 0 Å². The van der Waals surface area contributed by atoms with Crippen molar-refractivity contribution in [2.45, 2.75) is 64.5 Å². The van der Waals surface area contributed by atoms with Crippen molar-refractivity contribution in [2.75, 3.05) is 13.7 Å². The molecule has 0 aromatic heterocycles. The van der Waals surface area contributed by atoms with E-state index in [1.807, 2.05) is 0 Å². The van der Waals surface area contributed by atoms with E-state index in [2.05, 4.69) is 26.1 Å². The van der Waals surface area contributed by atoms with E-state index in [1.165, 1.54) is 32.1 Å². The minimum Gasteiger partial charge on any atom is -0.377 e. The highest BCUT2D eigenvalue weighted by Gasteiger charge is 2.22. The molecule has 0 aromatic rings. The lowest BCUT2D eigenvalue weighted by Crippen LogP contribution is -2.43. The van der Waals surface area contributed by atoms with E-state index in [9.17, 15) is 0 Å². The Morgan fingerprint density at radius 2 is 1.80 bits per heavy atom. The van der Waals surface area contributed by atoms with Gasteiger partial charge in [0.15, 0.2) is 0 Å². The average molecular weight is 213 g/mol. The topological polar surface area (TPSA) is 21.3 Å². The summed E-state index contributed by atoms with van der Waals surface area (Å²) in [6.45, 7) is 7.55. The van der Waals surface area contributed by atoms with Crippen LogP contribution in [0.5, 0.6) is 0 Å². The summed E-state index contributed by atoms with van der Waals surface area (Å²) in [7, 11) is 1.79. The Morgan fingerprint density at radius 1 is 1.20 bits per heavy atom. The summed E-state index contributed by atoms with van der Waals surface area (Å²) in [5, 5.41) is 3.63. The summed E-state index contributed by atoms with van der Waals surface area (Å²) in [5.41, 5.74) is -0.0262. The van der Waals surface area contributed by atoms with Gasteiger partial charge in [-0.25, -0.2) is 0 Å². The molecule has 0 bridgehead atoms. The van der Waals surface area contributed by atoms with Crippen LogP contribution < -0.4 is 5.32 Å². The number of nitrogens with one attached hydrogen (secondary N) is 1. The van der Waals surface area contributed by atoms with Gasteiger partial charge < -0.3 is 10.1 Å². The molecular formula is C13H27NO. The second kappa shape index (κ2) is 5.86. The quantitative estimate of drug-likeness (QED) is 0.758. The number of rotatable bonds is 5. The molecule has 1 aliphatic rings. The van der Waals surface area contributed by atoms with Crippen molar-refractivity contribution >= 4 is 0 Å². The van der Waals surface area contributed by atoms with E-state index in [1.54, 1.807) is 7.11 Å². The Kier molecular flexibility index (Phi) is 5.07. The van der Waals surface area contributed by atoms with Crippen LogP contribution in [0.15, 0.2) is 0 Å². The molecular weight excluding hydrogens is 186 g/mol. The van der Waals surface area contributed by atoms with Crippen LogP contribution in [0.2, 0.25) is 0 Å². The fourth-order valence-corrected chi connectivity index (χ4v) is 2.24. The predicted molar refractivity (Wildman–Crippen MR) is 65.1 cm³/mol. The zero-order chi connectivity index (χ0) is 11.3. The van der Waals surface area contributed by atoms with E-state index in [0.717, 1.165) is 18.5 Å². The Hall–Kier alpha value is -0.0800. The molecule has 90 valence electrons. The second-order valence-corrected chi connectivity index (χ2v) is 5.47. The summed E-state index contributed by atoms with van der Waals surface area (Å²) in [6, 6.07) is 0.724. The molecule has 0 atom stereocenters. The van der Waals surface area contributed by atoms with E-state index in [0.29, 0.717) is 0 Å². The highest BCUT2D eigenvalue weighted by Crippen LogP contribution is 2.26. The van der Waals surface area contributed by atoms with Crippen molar-refractivity contribution in [2.24, 2.45) is 5.92 Å². The molecule has 0 aromatic carbocycles. The maximum Gasteiger partial charge on any atom is 0.0746 e. The van der Waals surface area contributed by atoms with Crippen molar-refractivity contribution < 1.29 is 4.74 Å². The molecule has 0 saturated heterocycles. The lowest BCUT2D eigenvalue weighted by atomic mass is 9.84. The fraction of sp³-hybridized carbons (Fsp3) is 1.00. The molecule has 0 radical (unpaired) electrons. The summed E-state index contributed by atoms with van der Waals surface area (Å²) >= 11 is 0. The van der Waals surface area contributed by atoms with Gasteiger partial charge >= 0.3 is 0 Å². The number of hydrogen-bond donors (Lipinski definition) is 1. The van der Waals surface area contributed by atoms with E-state index in [-0.39, 0.29) is 5.60 Å². The van der Waals surface area contributed by atoms with Gasteiger partial charge in [0.1, 0.15) is 0 Å². The zero-order valence-electron chi connectivity index (χ0n) is 10.8. The Balaban J connectivity index is 2.19. The number of methoxy groups -OCH3 is 1.